The van der Waals surface area contributed by atoms with Crippen LogP contribution in [0.25, 0.3) is 0 Å². The first-order valence-electron chi connectivity index (χ1n) is 6.74. The molecule has 0 aliphatic heterocycles. The Balaban J connectivity index is 2.10. The van der Waals surface area contributed by atoms with E-state index in [1.807, 2.05) is 36.4 Å². The fourth-order valence-corrected chi connectivity index (χ4v) is 1.84. The molecule has 0 radical (unpaired) electrons. The molecule has 1 N–H and O–H groups in total. The summed E-state index contributed by atoms with van der Waals surface area (Å²) in [6.07, 6.45) is 1.77. The maximum absolute atomic E-state index is 5.88. The van der Waals surface area contributed by atoms with Crippen molar-refractivity contribution < 1.29 is 9.47 Å². The molecule has 0 atom stereocenters. The highest BCUT2D eigenvalue weighted by molar-refractivity contribution is 5.40. The lowest BCUT2D eigenvalue weighted by atomic mass is 10.2. The van der Waals surface area contributed by atoms with Gasteiger partial charge in [-0.25, -0.2) is 0 Å². The number of benzene rings is 1. The van der Waals surface area contributed by atoms with Gasteiger partial charge in [-0.15, -0.1) is 0 Å². The van der Waals surface area contributed by atoms with E-state index in [1.54, 1.807) is 13.3 Å². The summed E-state index contributed by atoms with van der Waals surface area (Å²) in [4.78, 5) is 4.26. The van der Waals surface area contributed by atoms with Gasteiger partial charge >= 0.3 is 0 Å². The van der Waals surface area contributed by atoms with Crippen LogP contribution in [0.1, 0.15) is 18.2 Å². The van der Waals surface area contributed by atoms with Crippen LogP contribution in [-0.4, -0.2) is 18.6 Å². The number of hydrogen-bond donors (Lipinski definition) is 1. The average Bonchev–Trinajstić information content (AvgIpc) is 2.52. The van der Waals surface area contributed by atoms with Crippen LogP contribution >= 0.6 is 0 Å². The van der Waals surface area contributed by atoms with Crippen LogP contribution in [0.15, 0.2) is 42.6 Å². The maximum atomic E-state index is 5.88. The van der Waals surface area contributed by atoms with Crippen molar-refractivity contribution in [1.82, 2.24) is 10.3 Å². The maximum Gasteiger partial charge on any atom is 0.130 e. The topological polar surface area (TPSA) is 43.4 Å². The second-order valence-electron chi connectivity index (χ2n) is 4.36. The Morgan fingerprint density at radius 3 is 2.80 bits per heavy atom. The van der Waals surface area contributed by atoms with Crippen LogP contribution < -0.4 is 14.8 Å². The van der Waals surface area contributed by atoms with Crippen LogP contribution in [0.5, 0.6) is 11.5 Å². The van der Waals surface area contributed by atoms with Crippen LogP contribution in [0.2, 0.25) is 0 Å². The summed E-state index contributed by atoms with van der Waals surface area (Å²) in [7, 11) is 1.65. The van der Waals surface area contributed by atoms with Crippen molar-refractivity contribution in [3.8, 4) is 11.5 Å². The Kier molecular flexibility index (Phi) is 5.38. The number of nitrogens with one attached hydrogen (secondary N) is 1. The van der Waals surface area contributed by atoms with E-state index in [2.05, 4.69) is 17.2 Å². The molecule has 0 spiro atoms. The summed E-state index contributed by atoms with van der Waals surface area (Å²) in [5.41, 5.74) is 2.02. The number of ether oxygens (including phenoxy) is 2. The minimum Gasteiger partial charge on any atom is -0.497 e. The van der Waals surface area contributed by atoms with Gasteiger partial charge in [-0.1, -0.05) is 19.1 Å². The third-order valence-corrected chi connectivity index (χ3v) is 2.94. The molecule has 106 valence electrons. The van der Waals surface area contributed by atoms with Crippen molar-refractivity contribution in [2.45, 2.75) is 20.1 Å². The van der Waals surface area contributed by atoms with E-state index in [0.717, 1.165) is 35.8 Å². The van der Waals surface area contributed by atoms with Gasteiger partial charge in [0.15, 0.2) is 0 Å². The second-order valence-corrected chi connectivity index (χ2v) is 4.36. The molecule has 0 saturated carbocycles. The Bertz CT molecular complexity index is 529. The highest BCUT2D eigenvalue weighted by Crippen LogP contribution is 2.25. The predicted octanol–water partition coefficient (Wildman–Crippen LogP) is 2.78. The third-order valence-electron chi connectivity index (χ3n) is 2.94. The number of pyridine rings is 1. The Morgan fingerprint density at radius 2 is 2.10 bits per heavy atom. The van der Waals surface area contributed by atoms with Gasteiger partial charge in [-0.05, 0) is 24.7 Å². The number of nitrogens with zero attached hydrogens (tertiary/aromatic N) is 1. The van der Waals surface area contributed by atoms with E-state index in [9.17, 15) is 0 Å². The predicted molar refractivity (Wildman–Crippen MR) is 78.9 cm³/mol. The number of methoxy groups -OCH3 is 1. The molecule has 1 aromatic heterocycles. The Hall–Kier alpha value is -2.07. The van der Waals surface area contributed by atoms with Gasteiger partial charge in [-0.3, -0.25) is 4.98 Å². The van der Waals surface area contributed by atoms with Gasteiger partial charge in [0, 0.05) is 24.4 Å². The average molecular weight is 272 g/mol. The van der Waals surface area contributed by atoms with Crippen LogP contribution in [0.3, 0.4) is 0 Å². The Morgan fingerprint density at radius 1 is 1.20 bits per heavy atom. The highest BCUT2D eigenvalue weighted by Gasteiger charge is 2.06. The van der Waals surface area contributed by atoms with E-state index in [4.69, 9.17) is 9.47 Å². The fraction of sp³-hybridized carbons (Fsp3) is 0.312. The lowest BCUT2D eigenvalue weighted by Crippen LogP contribution is -2.13. The zero-order valence-electron chi connectivity index (χ0n) is 11.9. The molecule has 0 bridgehead atoms. The minimum atomic E-state index is 0.452. The summed E-state index contributed by atoms with van der Waals surface area (Å²) in [5, 5.41) is 3.30. The van der Waals surface area contributed by atoms with E-state index >= 15 is 0 Å². The lowest BCUT2D eigenvalue weighted by molar-refractivity contribution is 0.295. The molecule has 2 rings (SSSR count). The zero-order chi connectivity index (χ0) is 14.2. The lowest BCUT2D eigenvalue weighted by Gasteiger charge is -2.13. The summed E-state index contributed by atoms with van der Waals surface area (Å²) >= 11 is 0. The molecule has 0 aliphatic carbocycles. The summed E-state index contributed by atoms with van der Waals surface area (Å²) in [6.45, 7) is 4.23. The summed E-state index contributed by atoms with van der Waals surface area (Å²) < 4.78 is 11.1. The van der Waals surface area contributed by atoms with Gasteiger partial charge in [0.25, 0.3) is 0 Å². The van der Waals surface area contributed by atoms with Crippen molar-refractivity contribution >= 4 is 0 Å². The molecule has 1 heterocycles. The number of aromatic nitrogens is 1. The molecule has 2 aromatic rings. The zero-order valence-corrected chi connectivity index (χ0v) is 11.9. The van der Waals surface area contributed by atoms with E-state index in [-0.39, 0.29) is 0 Å². The molecule has 1 aromatic carbocycles. The Labute approximate surface area is 119 Å². The van der Waals surface area contributed by atoms with E-state index < -0.39 is 0 Å². The molecule has 4 heteroatoms. The quantitative estimate of drug-likeness (QED) is 0.841. The molecular formula is C16H20N2O2. The first-order chi connectivity index (χ1) is 9.83. The molecule has 4 nitrogen and oxygen atoms in total. The minimum absolute atomic E-state index is 0.452. The molecule has 0 unspecified atom stereocenters. The molecule has 20 heavy (non-hydrogen) atoms. The highest BCUT2D eigenvalue weighted by atomic mass is 16.5. The van der Waals surface area contributed by atoms with Crippen molar-refractivity contribution in [1.29, 1.82) is 0 Å². The number of hydrogen-bond acceptors (Lipinski definition) is 4. The SMILES string of the molecule is CCNCc1ccc(OC)cc1OCc1ccccn1. The summed E-state index contributed by atoms with van der Waals surface area (Å²) in [6, 6.07) is 11.7. The molecule has 0 amide bonds. The summed E-state index contributed by atoms with van der Waals surface area (Å²) in [5.74, 6) is 1.62. The van der Waals surface area contributed by atoms with Crippen LogP contribution in [-0.2, 0) is 13.2 Å². The van der Waals surface area contributed by atoms with E-state index in [1.165, 1.54) is 0 Å². The normalized spacial score (nSPS) is 10.3. The molecule has 0 fully saturated rings. The van der Waals surface area contributed by atoms with Gasteiger partial charge in [0.05, 0.1) is 12.8 Å². The van der Waals surface area contributed by atoms with Crippen molar-refractivity contribution in [3.63, 3.8) is 0 Å². The largest absolute Gasteiger partial charge is 0.497 e. The van der Waals surface area contributed by atoms with Gasteiger partial charge in [0.2, 0.25) is 0 Å². The van der Waals surface area contributed by atoms with Gasteiger partial charge in [-0.2, -0.15) is 0 Å². The number of rotatable bonds is 7. The molecule has 0 aliphatic rings. The molecule has 0 saturated heterocycles. The first-order valence-corrected chi connectivity index (χ1v) is 6.74. The smallest absolute Gasteiger partial charge is 0.130 e. The fourth-order valence-electron chi connectivity index (χ4n) is 1.84. The van der Waals surface area contributed by atoms with Gasteiger partial charge in [0.1, 0.15) is 18.1 Å². The second kappa shape index (κ2) is 7.50. The standard InChI is InChI=1S/C16H20N2O2/c1-3-17-11-13-7-8-15(19-2)10-16(13)20-12-14-6-4-5-9-18-14/h4-10,17H,3,11-12H2,1-2H3. The van der Waals surface area contributed by atoms with E-state index in [0.29, 0.717) is 6.61 Å². The molecular weight excluding hydrogens is 252 g/mol. The van der Waals surface area contributed by atoms with Gasteiger partial charge < -0.3 is 14.8 Å². The van der Waals surface area contributed by atoms with Crippen LogP contribution in [0, 0.1) is 0 Å². The monoisotopic (exact) mass is 272 g/mol. The van der Waals surface area contributed by atoms with Crippen molar-refractivity contribution in [2.75, 3.05) is 13.7 Å². The van der Waals surface area contributed by atoms with Crippen molar-refractivity contribution in [3.05, 3.63) is 53.9 Å². The van der Waals surface area contributed by atoms with Crippen molar-refractivity contribution in [2.24, 2.45) is 0 Å². The first kappa shape index (κ1) is 14.3. The third kappa shape index (κ3) is 3.96. The van der Waals surface area contributed by atoms with Crippen LogP contribution in [0.4, 0.5) is 0 Å².